The van der Waals surface area contributed by atoms with E-state index < -0.39 is 18.0 Å². The Morgan fingerprint density at radius 2 is 1.96 bits per heavy atom. The number of nitrogens with zero attached hydrogens (tertiary/aromatic N) is 2. The number of ether oxygens (including phenoxy) is 1. The molecule has 1 amide bonds. The van der Waals surface area contributed by atoms with E-state index in [4.69, 9.17) is 27.9 Å². The molecule has 2 rings (SSSR count). The lowest BCUT2D eigenvalue weighted by Gasteiger charge is -2.12. The molecule has 0 unspecified atom stereocenters. The number of nitrogens with one attached hydrogen (secondary N) is 1. The summed E-state index contributed by atoms with van der Waals surface area (Å²) in [5.74, 6) is -1.07. The van der Waals surface area contributed by atoms with Crippen LogP contribution in [-0.4, -0.2) is 27.8 Å². The largest absolute Gasteiger partial charge is 0.449 e. The van der Waals surface area contributed by atoms with Crippen molar-refractivity contribution in [1.82, 2.24) is 9.78 Å². The molecule has 26 heavy (non-hydrogen) atoms. The first kappa shape index (κ1) is 20.0. The Morgan fingerprint density at radius 1 is 1.27 bits per heavy atom. The zero-order valence-electron chi connectivity index (χ0n) is 14.8. The predicted octanol–water partition coefficient (Wildman–Crippen LogP) is 3.93. The molecule has 0 aliphatic rings. The fourth-order valence-electron chi connectivity index (χ4n) is 2.23. The number of aromatic nitrogens is 2. The van der Waals surface area contributed by atoms with E-state index in [-0.39, 0.29) is 0 Å². The molecule has 1 atom stereocenters. The molecule has 0 saturated carbocycles. The summed E-state index contributed by atoms with van der Waals surface area (Å²) in [5.41, 5.74) is 2.81. The van der Waals surface area contributed by atoms with Crippen molar-refractivity contribution in [3.63, 3.8) is 0 Å². The van der Waals surface area contributed by atoms with Crippen LogP contribution in [0, 0.1) is 13.8 Å². The van der Waals surface area contributed by atoms with Crippen molar-refractivity contribution >= 4 is 46.8 Å². The molecule has 0 aliphatic carbocycles. The molecular weight excluding hydrogens is 377 g/mol. The summed E-state index contributed by atoms with van der Waals surface area (Å²) in [6, 6.07) is 4.96. The Balaban J connectivity index is 1.96. The molecule has 138 valence electrons. The number of rotatable bonds is 5. The molecule has 0 saturated heterocycles. The van der Waals surface area contributed by atoms with Gasteiger partial charge in [-0.3, -0.25) is 9.48 Å². The van der Waals surface area contributed by atoms with Gasteiger partial charge in [0, 0.05) is 13.1 Å². The van der Waals surface area contributed by atoms with Gasteiger partial charge in [-0.1, -0.05) is 29.3 Å². The summed E-state index contributed by atoms with van der Waals surface area (Å²) in [6.45, 7) is 5.13. The highest BCUT2D eigenvalue weighted by molar-refractivity contribution is 6.42. The van der Waals surface area contributed by atoms with E-state index in [0.29, 0.717) is 27.0 Å². The SMILES string of the molecule is Cc1nn(C)c(C)c1NC(=O)[C@H](C)OC(=O)/C=C/c1ccc(Cl)c(Cl)c1. The zero-order chi connectivity index (χ0) is 19.4. The molecule has 1 N–H and O–H groups in total. The quantitative estimate of drug-likeness (QED) is 0.614. The van der Waals surface area contributed by atoms with Crippen LogP contribution in [0.15, 0.2) is 24.3 Å². The molecule has 0 aliphatic heterocycles. The van der Waals surface area contributed by atoms with Gasteiger partial charge < -0.3 is 10.1 Å². The third-order valence-corrected chi connectivity index (χ3v) is 4.51. The predicted molar refractivity (Wildman–Crippen MR) is 102 cm³/mol. The highest BCUT2D eigenvalue weighted by atomic mass is 35.5. The van der Waals surface area contributed by atoms with Crippen LogP contribution in [0.5, 0.6) is 0 Å². The van der Waals surface area contributed by atoms with Gasteiger partial charge in [0.2, 0.25) is 0 Å². The maximum Gasteiger partial charge on any atom is 0.331 e. The first-order valence-electron chi connectivity index (χ1n) is 7.84. The molecule has 0 fully saturated rings. The van der Waals surface area contributed by atoms with E-state index >= 15 is 0 Å². The smallest absolute Gasteiger partial charge is 0.331 e. The number of hydrogen-bond acceptors (Lipinski definition) is 4. The number of benzene rings is 1. The molecule has 8 heteroatoms. The van der Waals surface area contributed by atoms with Crippen molar-refractivity contribution in [2.24, 2.45) is 7.05 Å². The number of carbonyl (C=O) groups excluding carboxylic acids is 2. The van der Waals surface area contributed by atoms with E-state index in [2.05, 4.69) is 10.4 Å². The molecule has 0 bridgehead atoms. The highest BCUT2D eigenvalue weighted by Gasteiger charge is 2.20. The van der Waals surface area contributed by atoms with Crippen LogP contribution in [-0.2, 0) is 21.4 Å². The Labute approximate surface area is 161 Å². The highest BCUT2D eigenvalue weighted by Crippen LogP contribution is 2.23. The normalized spacial score (nSPS) is 12.2. The fraction of sp³-hybridized carbons (Fsp3) is 0.278. The van der Waals surface area contributed by atoms with Gasteiger partial charge in [0.1, 0.15) is 0 Å². The summed E-state index contributed by atoms with van der Waals surface area (Å²) in [4.78, 5) is 24.1. The van der Waals surface area contributed by atoms with Crippen molar-refractivity contribution in [1.29, 1.82) is 0 Å². The lowest BCUT2D eigenvalue weighted by atomic mass is 10.2. The molecule has 2 aromatic rings. The molecule has 6 nitrogen and oxygen atoms in total. The van der Waals surface area contributed by atoms with Crippen molar-refractivity contribution in [2.45, 2.75) is 26.9 Å². The Hall–Kier alpha value is -2.31. The molecule has 1 aromatic heterocycles. The van der Waals surface area contributed by atoms with Gasteiger partial charge in [0.15, 0.2) is 6.10 Å². The van der Waals surface area contributed by atoms with Crippen molar-refractivity contribution in [3.8, 4) is 0 Å². The number of carbonyl (C=O) groups is 2. The van der Waals surface area contributed by atoms with Crippen molar-refractivity contribution < 1.29 is 14.3 Å². The van der Waals surface area contributed by atoms with Gasteiger partial charge in [-0.2, -0.15) is 5.10 Å². The van der Waals surface area contributed by atoms with Crippen LogP contribution in [0.1, 0.15) is 23.9 Å². The molecule has 0 spiro atoms. The van der Waals surface area contributed by atoms with Gasteiger partial charge in [-0.15, -0.1) is 0 Å². The van der Waals surface area contributed by atoms with Gasteiger partial charge in [0.05, 0.1) is 27.1 Å². The monoisotopic (exact) mass is 395 g/mol. The summed E-state index contributed by atoms with van der Waals surface area (Å²) >= 11 is 11.8. The topological polar surface area (TPSA) is 73.2 Å². The van der Waals surface area contributed by atoms with E-state index in [1.807, 2.05) is 6.92 Å². The van der Waals surface area contributed by atoms with Crippen LogP contribution < -0.4 is 5.32 Å². The summed E-state index contributed by atoms with van der Waals surface area (Å²) in [7, 11) is 1.79. The second kappa shape index (κ2) is 8.38. The minimum Gasteiger partial charge on any atom is -0.449 e. The lowest BCUT2D eigenvalue weighted by Crippen LogP contribution is -2.29. The maximum absolute atomic E-state index is 12.2. The molecular formula is C18H19Cl2N3O3. The summed E-state index contributed by atoms with van der Waals surface area (Å²) in [5, 5.41) is 7.77. The number of esters is 1. The van der Waals surface area contributed by atoms with Gasteiger partial charge in [-0.25, -0.2) is 4.79 Å². The maximum atomic E-state index is 12.2. The average Bonchev–Trinajstić information content (AvgIpc) is 2.82. The van der Waals surface area contributed by atoms with Gasteiger partial charge >= 0.3 is 5.97 Å². The third-order valence-electron chi connectivity index (χ3n) is 3.77. The number of halogens is 2. The first-order valence-corrected chi connectivity index (χ1v) is 8.59. The fourth-order valence-corrected chi connectivity index (χ4v) is 2.53. The summed E-state index contributed by atoms with van der Waals surface area (Å²) < 4.78 is 6.79. The molecule has 0 radical (unpaired) electrons. The minimum atomic E-state index is -0.958. The number of aryl methyl sites for hydroxylation is 2. The molecule has 1 heterocycles. The molecule has 1 aromatic carbocycles. The number of anilines is 1. The van der Waals surface area contributed by atoms with E-state index in [9.17, 15) is 9.59 Å². The first-order chi connectivity index (χ1) is 12.2. The van der Waals surface area contributed by atoms with Gasteiger partial charge in [0.25, 0.3) is 5.91 Å². The Kier molecular flexibility index (Phi) is 6.45. The Morgan fingerprint density at radius 3 is 2.54 bits per heavy atom. The second-order valence-corrected chi connectivity index (χ2v) is 6.56. The van der Waals surface area contributed by atoms with Crippen LogP contribution in [0.3, 0.4) is 0 Å². The van der Waals surface area contributed by atoms with Crippen LogP contribution in [0.25, 0.3) is 6.08 Å². The van der Waals surface area contributed by atoms with Gasteiger partial charge in [-0.05, 0) is 44.5 Å². The van der Waals surface area contributed by atoms with E-state index in [1.165, 1.54) is 19.1 Å². The second-order valence-electron chi connectivity index (χ2n) is 5.74. The van der Waals surface area contributed by atoms with Crippen molar-refractivity contribution in [2.75, 3.05) is 5.32 Å². The van der Waals surface area contributed by atoms with Crippen LogP contribution >= 0.6 is 23.2 Å². The number of hydrogen-bond donors (Lipinski definition) is 1. The average molecular weight is 396 g/mol. The van der Waals surface area contributed by atoms with Crippen molar-refractivity contribution in [3.05, 3.63) is 51.3 Å². The summed E-state index contributed by atoms with van der Waals surface area (Å²) in [6.07, 6.45) is 1.80. The number of amides is 1. The van der Waals surface area contributed by atoms with Crippen LogP contribution in [0.4, 0.5) is 5.69 Å². The minimum absolute atomic E-state index is 0.386. The zero-order valence-corrected chi connectivity index (χ0v) is 16.4. The third kappa shape index (κ3) is 4.86. The standard InChI is InChI=1S/C18H19Cl2N3O3/c1-10-17(11(2)23(4)22-10)21-18(25)12(3)26-16(24)8-6-13-5-7-14(19)15(20)9-13/h5-9,12H,1-4H3,(H,21,25)/b8-6+/t12-/m0/s1. The lowest BCUT2D eigenvalue weighted by molar-refractivity contribution is -0.148. The van der Waals surface area contributed by atoms with Crippen LogP contribution in [0.2, 0.25) is 10.0 Å². The van der Waals surface area contributed by atoms with E-state index in [0.717, 1.165) is 5.69 Å². The Bertz CT molecular complexity index is 875. The van der Waals surface area contributed by atoms with E-state index in [1.54, 1.807) is 36.9 Å².